The number of rotatable bonds is 7. The molecule has 0 unspecified atom stereocenters. The van der Waals surface area contributed by atoms with Crippen LogP contribution in [-0.4, -0.2) is 27.2 Å². The number of ether oxygens (including phenoxy) is 1. The predicted molar refractivity (Wildman–Crippen MR) is 89.6 cm³/mol. The summed E-state index contributed by atoms with van der Waals surface area (Å²) < 4.78 is 53.8. The first-order valence-corrected chi connectivity index (χ1v) is 8.93. The number of sulfone groups is 1. The van der Waals surface area contributed by atoms with Gasteiger partial charge in [-0.15, -0.1) is 0 Å². The SMILES string of the molecule is COc1ccc(CCC(=O)Nc2ccccc2S(=O)(=O)C(F)F)cc1. The summed E-state index contributed by atoms with van der Waals surface area (Å²) in [5.74, 6) is -3.32. The number of anilines is 1. The van der Waals surface area contributed by atoms with E-state index in [4.69, 9.17) is 4.74 Å². The van der Waals surface area contributed by atoms with Crippen LogP contribution in [0.15, 0.2) is 53.4 Å². The summed E-state index contributed by atoms with van der Waals surface area (Å²) in [4.78, 5) is 11.4. The van der Waals surface area contributed by atoms with Crippen LogP contribution in [0.4, 0.5) is 14.5 Å². The molecule has 0 heterocycles. The van der Waals surface area contributed by atoms with Crippen LogP contribution in [0.2, 0.25) is 0 Å². The first kappa shape index (κ1) is 18.9. The molecule has 0 saturated heterocycles. The molecule has 0 atom stereocenters. The van der Waals surface area contributed by atoms with Gasteiger partial charge in [-0.1, -0.05) is 24.3 Å². The van der Waals surface area contributed by atoms with Crippen LogP contribution in [0, 0.1) is 0 Å². The van der Waals surface area contributed by atoms with Gasteiger partial charge in [-0.2, -0.15) is 8.78 Å². The molecular weight excluding hydrogens is 352 g/mol. The highest BCUT2D eigenvalue weighted by atomic mass is 32.2. The van der Waals surface area contributed by atoms with Crippen LogP contribution in [0.3, 0.4) is 0 Å². The average molecular weight is 369 g/mol. The molecular formula is C17H17F2NO4S. The third-order valence-corrected chi connectivity index (χ3v) is 4.94. The molecule has 2 aromatic rings. The highest BCUT2D eigenvalue weighted by Gasteiger charge is 2.29. The molecule has 25 heavy (non-hydrogen) atoms. The van der Waals surface area contributed by atoms with Crippen molar-refractivity contribution >= 4 is 21.4 Å². The Hall–Kier alpha value is -2.48. The maximum Gasteiger partial charge on any atom is 0.341 e. The van der Waals surface area contributed by atoms with Crippen LogP contribution in [-0.2, 0) is 21.1 Å². The van der Waals surface area contributed by atoms with Crippen molar-refractivity contribution in [1.29, 1.82) is 0 Å². The van der Waals surface area contributed by atoms with E-state index in [1.165, 1.54) is 18.2 Å². The summed E-state index contributed by atoms with van der Waals surface area (Å²) in [5, 5.41) is 2.39. The number of halogens is 2. The van der Waals surface area contributed by atoms with Crippen molar-refractivity contribution in [3.63, 3.8) is 0 Å². The molecule has 0 fully saturated rings. The van der Waals surface area contributed by atoms with E-state index >= 15 is 0 Å². The van der Waals surface area contributed by atoms with Crippen LogP contribution in [0.5, 0.6) is 5.75 Å². The molecule has 0 aliphatic rings. The summed E-state index contributed by atoms with van der Waals surface area (Å²) in [6.45, 7) is 0. The maximum atomic E-state index is 12.7. The lowest BCUT2D eigenvalue weighted by atomic mass is 10.1. The Kier molecular flexibility index (Phi) is 6.08. The van der Waals surface area contributed by atoms with Crippen LogP contribution in [0.1, 0.15) is 12.0 Å². The highest BCUT2D eigenvalue weighted by Crippen LogP contribution is 2.26. The normalized spacial score (nSPS) is 11.4. The maximum absolute atomic E-state index is 12.7. The zero-order valence-corrected chi connectivity index (χ0v) is 14.2. The van der Waals surface area contributed by atoms with Gasteiger partial charge in [-0.25, -0.2) is 8.42 Å². The molecule has 0 aliphatic heterocycles. The first-order chi connectivity index (χ1) is 11.8. The van der Waals surface area contributed by atoms with Crippen molar-refractivity contribution in [2.75, 3.05) is 12.4 Å². The molecule has 0 spiro atoms. The van der Waals surface area contributed by atoms with Gasteiger partial charge in [0.2, 0.25) is 15.7 Å². The Balaban J connectivity index is 2.06. The Bertz CT molecular complexity index is 836. The van der Waals surface area contributed by atoms with Gasteiger partial charge >= 0.3 is 5.76 Å². The van der Waals surface area contributed by atoms with Gasteiger partial charge in [-0.3, -0.25) is 4.79 Å². The third-order valence-electron chi connectivity index (χ3n) is 3.50. The lowest BCUT2D eigenvalue weighted by Crippen LogP contribution is -2.18. The fourth-order valence-corrected chi connectivity index (χ4v) is 3.06. The number of para-hydroxylation sites is 1. The zero-order chi connectivity index (χ0) is 18.4. The Morgan fingerprint density at radius 1 is 1.12 bits per heavy atom. The van der Waals surface area contributed by atoms with Gasteiger partial charge in [-0.05, 0) is 36.2 Å². The molecule has 8 heteroatoms. The van der Waals surface area contributed by atoms with E-state index in [-0.39, 0.29) is 12.1 Å². The number of amides is 1. The molecule has 2 rings (SSSR count). The molecule has 134 valence electrons. The highest BCUT2D eigenvalue weighted by molar-refractivity contribution is 7.91. The Morgan fingerprint density at radius 2 is 1.76 bits per heavy atom. The fourth-order valence-electron chi connectivity index (χ4n) is 2.18. The van der Waals surface area contributed by atoms with E-state index < -0.39 is 26.4 Å². The van der Waals surface area contributed by atoms with Gasteiger partial charge in [0.05, 0.1) is 17.7 Å². The predicted octanol–water partition coefficient (Wildman–Crippen LogP) is 3.26. The second-order valence-corrected chi connectivity index (χ2v) is 7.08. The number of hydrogen-bond acceptors (Lipinski definition) is 4. The van der Waals surface area contributed by atoms with E-state index in [9.17, 15) is 22.0 Å². The van der Waals surface area contributed by atoms with Gasteiger partial charge in [0.1, 0.15) is 5.75 Å². The summed E-state index contributed by atoms with van der Waals surface area (Å²) in [6, 6.07) is 12.2. The van der Waals surface area contributed by atoms with Crippen LogP contribution >= 0.6 is 0 Å². The number of carbonyl (C=O) groups excluding carboxylic acids is 1. The quantitative estimate of drug-likeness (QED) is 0.813. The third kappa shape index (κ3) is 4.76. The number of benzene rings is 2. The van der Waals surface area contributed by atoms with E-state index in [1.54, 1.807) is 31.4 Å². The van der Waals surface area contributed by atoms with E-state index in [0.29, 0.717) is 12.2 Å². The second-order valence-electron chi connectivity index (χ2n) is 5.20. The number of alkyl halides is 2. The fraction of sp³-hybridized carbons (Fsp3) is 0.235. The van der Waals surface area contributed by atoms with E-state index in [1.807, 2.05) is 0 Å². The van der Waals surface area contributed by atoms with Crippen molar-refractivity contribution in [3.05, 3.63) is 54.1 Å². The zero-order valence-electron chi connectivity index (χ0n) is 13.4. The summed E-state index contributed by atoms with van der Waals surface area (Å²) in [7, 11) is -3.24. The van der Waals surface area contributed by atoms with Crippen molar-refractivity contribution in [3.8, 4) is 5.75 Å². The summed E-state index contributed by atoms with van der Waals surface area (Å²) >= 11 is 0. The Labute approximate surface area is 144 Å². The number of carbonyl (C=O) groups is 1. The number of methoxy groups -OCH3 is 1. The minimum absolute atomic E-state index is 0.0788. The van der Waals surface area contributed by atoms with Gasteiger partial charge in [0.15, 0.2) is 0 Å². The lowest BCUT2D eigenvalue weighted by Gasteiger charge is -2.11. The minimum atomic E-state index is -4.79. The number of nitrogens with one attached hydrogen (secondary N) is 1. The molecule has 2 aromatic carbocycles. The summed E-state index contributed by atoms with van der Waals surface area (Å²) in [5.41, 5.74) is 0.743. The topological polar surface area (TPSA) is 72.5 Å². The van der Waals surface area contributed by atoms with Crippen molar-refractivity contribution in [2.24, 2.45) is 0 Å². The molecule has 0 radical (unpaired) electrons. The van der Waals surface area contributed by atoms with Crippen molar-refractivity contribution < 1.29 is 26.7 Å². The average Bonchev–Trinajstić information content (AvgIpc) is 2.60. The monoisotopic (exact) mass is 369 g/mol. The molecule has 0 aliphatic carbocycles. The smallest absolute Gasteiger partial charge is 0.341 e. The largest absolute Gasteiger partial charge is 0.497 e. The van der Waals surface area contributed by atoms with Gasteiger partial charge in [0, 0.05) is 6.42 Å². The number of hydrogen-bond donors (Lipinski definition) is 1. The Morgan fingerprint density at radius 3 is 2.36 bits per heavy atom. The van der Waals surface area contributed by atoms with Crippen LogP contribution in [0.25, 0.3) is 0 Å². The molecule has 0 aromatic heterocycles. The molecule has 0 bridgehead atoms. The second kappa shape index (κ2) is 8.06. The molecule has 1 N–H and O–H groups in total. The van der Waals surface area contributed by atoms with Crippen molar-refractivity contribution in [1.82, 2.24) is 0 Å². The molecule has 0 saturated carbocycles. The standard InChI is InChI=1S/C17H17F2NO4S/c1-24-13-9-6-12(7-10-13)8-11-16(21)20-14-4-2-3-5-15(14)25(22,23)17(18)19/h2-7,9-10,17H,8,11H2,1H3,(H,20,21). The summed E-state index contributed by atoms with van der Waals surface area (Å²) in [6.07, 6.45) is 0.495. The first-order valence-electron chi connectivity index (χ1n) is 7.38. The van der Waals surface area contributed by atoms with Gasteiger partial charge in [0.25, 0.3) is 0 Å². The minimum Gasteiger partial charge on any atom is -0.497 e. The van der Waals surface area contributed by atoms with Crippen LogP contribution < -0.4 is 10.1 Å². The van der Waals surface area contributed by atoms with E-state index in [2.05, 4.69) is 5.32 Å². The lowest BCUT2D eigenvalue weighted by molar-refractivity contribution is -0.116. The van der Waals surface area contributed by atoms with E-state index in [0.717, 1.165) is 11.6 Å². The van der Waals surface area contributed by atoms with Crippen molar-refractivity contribution in [2.45, 2.75) is 23.5 Å². The number of aryl methyl sites for hydroxylation is 1. The molecule has 1 amide bonds. The molecule has 5 nitrogen and oxygen atoms in total. The van der Waals surface area contributed by atoms with Gasteiger partial charge < -0.3 is 10.1 Å².